The predicted molar refractivity (Wildman–Crippen MR) is 268 cm³/mol. The standard InChI is InChI=1S/C35H65N5O3.C18H38O/c1-4-6-7-8-12-17-23-32(5-2)43-34(42)24-18-13-11-15-20-27-40(26-19-14-9-10-16-21-29-41)28-22-25-38-35-33(36-3)30-37-31-39-35;1-4-6-8-10-12-14-16-18(19-3)17-15-13-11-9-7-5-2/h29-32,36H,4-28H2,1-3H3,(H,37,38,39);18H,4-17H2,1-3H3. The van der Waals surface area contributed by atoms with Crippen molar-refractivity contribution in [2.45, 2.75) is 265 Å². The van der Waals surface area contributed by atoms with E-state index in [0.29, 0.717) is 18.9 Å². The number of hydrogen-bond donors (Lipinski definition) is 2. The van der Waals surface area contributed by atoms with Gasteiger partial charge in [0.25, 0.3) is 0 Å². The molecule has 1 aromatic rings. The first-order valence-electron chi connectivity index (χ1n) is 26.6. The smallest absolute Gasteiger partial charge is 0.306 e. The number of ether oxygens (including phenoxy) is 2. The van der Waals surface area contributed by atoms with E-state index in [1.54, 1.807) is 12.5 Å². The molecule has 0 bridgehead atoms. The number of methoxy groups -OCH3 is 1. The van der Waals surface area contributed by atoms with Crippen LogP contribution in [0.4, 0.5) is 11.5 Å². The van der Waals surface area contributed by atoms with E-state index in [1.807, 2.05) is 14.2 Å². The predicted octanol–water partition coefficient (Wildman–Crippen LogP) is 15.1. The van der Waals surface area contributed by atoms with Crippen molar-refractivity contribution in [3.63, 3.8) is 0 Å². The largest absolute Gasteiger partial charge is 0.462 e. The summed E-state index contributed by atoms with van der Waals surface area (Å²) in [6, 6.07) is 0. The highest BCUT2D eigenvalue weighted by Gasteiger charge is 2.13. The number of nitrogens with one attached hydrogen (secondary N) is 2. The molecule has 1 unspecified atom stereocenters. The zero-order valence-electron chi connectivity index (χ0n) is 41.9. The average molecular weight is 874 g/mol. The Balaban J connectivity index is 0.00000164. The fraction of sp³-hybridized carbons (Fsp3) is 0.887. The van der Waals surface area contributed by atoms with Gasteiger partial charge in [-0.1, -0.05) is 175 Å². The summed E-state index contributed by atoms with van der Waals surface area (Å²) in [7, 11) is 3.77. The lowest BCUT2D eigenvalue weighted by Crippen LogP contribution is -2.28. The van der Waals surface area contributed by atoms with E-state index in [2.05, 4.69) is 53.2 Å². The summed E-state index contributed by atoms with van der Waals surface area (Å²) in [6.45, 7) is 13.1. The van der Waals surface area contributed by atoms with Crippen LogP contribution in [0.1, 0.15) is 252 Å². The molecule has 1 atom stereocenters. The number of esters is 1. The molecule has 0 radical (unpaired) electrons. The van der Waals surface area contributed by atoms with Crippen molar-refractivity contribution in [1.29, 1.82) is 0 Å². The van der Waals surface area contributed by atoms with E-state index in [1.165, 1.54) is 167 Å². The molecule has 0 amide bonds. The summed E-state index contributed by atoms with van der Waals surface area (Å²) in [6.07, 6.45) is 47.6. The molecule has 0 aliphatic carbocycles. The average Bonchev–Trinajstić information content (AvgIpc) is 3.29. The minimum atomic E-state index is -0.00687. The molecule has 9 nitrogen and oxygen atoms in total. The number of rotatable bonds is 46. The summed E-state index contributed by atoms with van der Waals surface area (Å²) in [5.74, 6) is 0.846. The number of carbonyl (C=O) groups excluding carboxylic acids is 2. The van der Waals surface area contributed by atoms with E-state index < -0.39 is 0 Å². The van der Waals surface area contributed by atoms with Crippen molar-refractivity contribution in [1.82, 2.24) is 14.9 Å². The number of anilines is 2. The van der Waals surface area contributed by atoms with Crippen LogP contribution in [0.25, 0.3) is 0 Å². The molecule has 0 saturated carbocycles. The first kappa shape index (κ1) is 59.7. The molecular weight excluding hydrogens is 771 g/mol. The second-order valence-corrected chi connectivity index (χ2v) is 17.9. The maximum Gasteiger partial charge on any atom is 0.306 e. The summed E-state index contributed by atoms with van der Waals surface area (Å²) >= 11 is 0. The third-order valence-corrected chi connectivity index (χ3v) is 12.3. The quantitative estimate of drug-likeness (QED) is 0.0376. The van der Waals surface area contributed by atoms with Gasteiger partial charge in [0.2, 0.25) is 0 Å². The van der Waals surface area contributed by atoms with Crippen molar-refractivity contribution in [3.8, 4) is 0 Å². The molecule has 0 saturated heterocycles. The third-order valence-electron chi connectivity index (χ3n) is 12.3. The second-order valence-electron chi connectivity index (χ2n) is 17.9. The number of aldehydes is 1. The van der Waals surface area contributed by atoms with E-state index in [-0.39, 0.29) is 12.1 Å². The van der Waals surface area contributed by atoms with E-state index in [4.69, 9.17) is 9.47 Å². The summed E-state index contributed by atoms with van der Waals surface area (Å²) in [4.78, 5) is 33.9. The van der Waals surface area contributed by atoms with Gasteiger partial charge in [-0.15, -0.1) is 0 Å². The molecule has 9 heteroatoms. The molecule has 0 aromatic carbocycles. The number of nitrogens with zero attached hydrogens (tertiary/aromatic N) is 3. The Labute approximate surface area is 384 Å². The molecule has 0 fully saturated rings. The molecule has 1 heterocycles. The molecule has 2 N–H and O–H groups in total. The topological polar surface area (TPSA) is 106 Å². The number of aromatic nitrogens is 2. The number of hydrogen-bond acceptors (Lipinski definition) is 9. The lowest BCUT2D eigenvalue weighted by molar-refractivity contribution is -0.149. The van der Waals surface area contributed by atoms with Gasteiger partial charge in [-0.3, -0.25) is 4.79 Å². The molecule has 1 rings (SSSR count). The highest BCUT2D eigenvalue weighted by molar-refractivity contribution is 5.69. The zero-order valence-corrected chi connectivity index (χ0v) is 41.9. The number of unbranched alkanes of at least 4 members (excludes halogenated alkanes) is 24. The van der Waals surface area contributed by atoms with Crippen molar-refractivity contribution in [3.05, 3.63) is 12.5 Å². The Hall–Kier alpha value is -2.26. The second kappa shape index (κ2) is 48.2. The van der Waals surface area contributed by atoms with Crippen LogP contribution in [0, 0.1) is 0 Å². The van der Waals surface area contributed by atoms with Crippen LogP contribution in [0.2, 0.25) is 0 Å². The normalized spacial score (nSPS) is 11.7. The van der Waals surface area contributed by atoms with Crippen LogP contribution < -0.4 is 10.6 Å². The van der Waals surface area contributed by atoms with Crippen LogP contribution >= 0.6 is 0 Å². The van der Waals surface area contributed by atoms with E-state index in [9.17, 15) is 9.59 Å². The maximum absolute atomic E-state index is 12.4. The third kappa shape index (κ3) is 39.3. The summed E-state index contributed by atoms with van der Waals surface area (Å²) in [5.41, 5.74) is 0.917. The Bertz CT molecular complexity index is 1060. The molecule has 0 spiro atoms. The van der Waals surface area contributed by atoms with Gasteiger partial charge in [0.15, 0.2) is 5.82 Å². The van der Waals surface area contributed by atoms with E-state index >= 15 is 0 Å². The van der Waals surface area contributed by atoms with Crippen molar-refractivity contribution < 1.29 is 19.1 Å². The molecule has 364 valence electrons. The Morgan fingerprint density at radius 3 is 1.60 bits per heavy atom. The Kier molecular flexibility index (Phi) is 46.4. The lowest BCUT2D eigenvalue weighted by atomic mass is 10.0. The zero-order chi connectivity index (χ0) is 45.4. The minimum absolute atomic E-state index is 0.00687. The fourth-order valence-corrected chi connectivity index (χ4v) is 8.16. The van der Waals surface area contributed by atoms with Crippen LogP contribution in [-0.2, 0) is 19.1 Å². The molecule has 62 heavy (non-hydrogen) atoms. The van der Waals surface area contributed by atoms with Gasteiger partial charge >= 0.3 is 5.97 Å². The van der Waals surface area contributed by atoms with Gasteiger partial charge < -0.3 is 29.8 Å². The maximum atomic E-state index is 12.4. The van der Waals surface area contributed by atoms with Gasteiger partial charge in [-0.25, -0.2) is 9.97 Å². The van der Waals surface area contributed by atoms with Gasteiger partial charge in [0.1, 0.15) is 18.7 Å². The minimum Gasteiger partial charge on any atom is -0.462 e. The fourth-order valence-electron chi connectivity index (χ4n) is 8.16. The van der Waals surface area contributed by atoms with Crippen molar-refractivity contribution in [2.24, 2.45) is 0 Å². The SMILES string of the molecule is CCCCCCCCC(CC)OC(=O)CCCCCCCN(CCCCCCCC=O)CCCNc1ncncc1NC.CCCCCCCCC(CCCCCCCC)OC. The number of carbonyl (C=O) groups is 2. The summed E-state index contributed by atoms with van der Waals surface area (Å²) in [5, 5.41) is 6.58. The van der Waals surface area contributed by atoms with Gasteiger partial charge in [0, 0.05) is 33.5 Å². The van der Waals surface area contributed by atoms with Crippen LogP contribution in [0.15, 0.2) is 12.5 Å². The molecule has 1 aromatic heterocycles. The molecule has 0 aliphatic rings. The summed E-state index contributed by atoms with van der Waals surface area (Å²) < 4.78 is 11.4. The van der Waals surface area contributed by atoms with Gasteiger partial charge in [-0.05, 0) is 83.8 Å². The van der Waals surface area contributed by atoms with Crippen LogP contribution in [-0.4, -0.2) is 79.7 Å². The lowest BCUT2D eigenvalue weighted by Gasteiger charge is -2.22. The molecule has 0 aliphatic heterocycles. The van der Waals surface area contributed by atoms with Crippen molar-refractivity contribution >= 4 is 23.8 Å². The highest BCUT2D eigenvalue weighted by Crippen LogP contribution is 2.18. The monoisotopic (exact) mass is 874 g/mol. The Morgan fingerprint density at radius 2 is 1.10 bits per heavy atom. The highest BCUT2D eigenvalue weighted by atomic mass is 16.5. The molecular formula is C53H103N5O4. The Morgan fingerprint density at radius 1 is 0.629 bits per heavy atom. The van der Waals surface area contributed by atoms with Gasteiger partial charge in [-0.2, -0.15) is 0 Å². The van der Waals surface area contributed by atoms with Gasteiger partial charge in [0.05, 0.1) is 18.0 Å². The van der Waals surface area contributed by atoms with E-state index in [0.717, 1.165) is 88.9 Å². The van der Waals surface area contributed by atoms with Crippen LogP contribution in [0.5, 0.6) is 0 Å². The first-order chi connectivity index (χ1) is 30.5. The van der Waals surface area contributed by atoms with Crippen LogP contribution in [0.3, 0.4) is 0 Å². The van der Waals surface area contributed by atoms with Crippen molar-refractivity contribution in [2.75, 3.05) is 51.0 Å². The first-order valence-corrected chi connectivity index (χ1v) is 26.6.